The number of allylic oxidation sites excluding steroid dienone is 2. The number of unbranched alkanes of at least 4 members (excludes halogenated alkanes) is 11. The smallest absolute Gasteiger partial charge is 0.306 e. The zero-order chi connectivity index (χ0) is 18.8. The van der Waals surface area contributed by atoms with Crippen LogP contribution in [0.3, 0.4) is 0 Å². The van der Waals surface area contributed by atoms with Gasteiger partial charge in [-0.1, -0.05) is 70.4 Å². The van der Waals surface area contributed by atoms with E-state index in [1.165, 1.54) is 70.6 Å². The molecule has 0 aromatic rings. The summed E-state index contributed by atoms with van der Waals surface area (Å²) in [4.78, 5) is 11.7. The third-order valence-electron chi connectivity index (χ3n) is 4.52. The minimum absolute atomic E-state index is 0.118. The van der Waals surface area contributed by atoms with Gasteiger partial charge < -0.3 is 10.5 Å². The van der Waals surface area contributed by atoms with Crippen LogP contribution in [-0.4, -0.2) is 18.1 Å². The first kappa shape index (κ1) is 24.2. The Balaban J connectivity index is 3.30. The van der Waals surface area contributed by atoms with Crippen LogP contribution in [0, 0.1) is 0 Å². The number of ether oxygens (including phenoxy) is 1. The summed E-state index contributed by atoms with van der Waals surface area (Å²) in [7, 11) is 0. The SMILES string of the molecule is CCCCCCCCC=CCCCCCCCC(=O)OC(C)(C)CN. The van der Waals surface area contributed by atoms with E-state index < -0.39 is 5.60 Å². The number of carbonyl (C=O) groups excluding carboxylic acids is 1. The Morgan fingerprint density at radius 2 is 1.32 bits per heavy atom. The van der Waals surface area contributed by atoms with Crippen LogP contribution < -0.4 is 5.73 Å². The number of hydrogen-bond donors (Lipinski definition) is 1. The van der Waals surface area contributed by atoms with E-state index in [1.807, 2.05) is 13.8 Å². The van der Waals surface area contributed by atoms with Gasteiger partial charge in [-0.15, -0.1) is 0 Å². The van der Waals surface area contributed by atoms with Crippen molar-refractivity contribution in [2.24, 2.45) is 5.73 Å². The Labute approximate surface area is 156 Å². The second-order valence-corrected chi connectivity index (χ2v) is 7.77. The second kappa shape index (κ2) is 16.6. The first-order valence-electron chi connectivity index (χ1n) is 10.6. The maximum Gasteiger partial charge on any atom is 0.306 e. The molecule has 0 atom stereocenters. The van der Waals surface area contributed by atoms with Gasteiger partial charge in [-0.3, -0.25) is 4.79 Å². The summed E-state index contributed by atoms with van der Waals surface area (Å²) in [6.45, 7) is 6.33. The molecule has 0 unspecified atom stereocenters. The van der Waals surface area contributed by atoms with Crippen LogP contribution >= 0.6 is 0 Å². The molecule has 0 aliphatic rings. The molecule has 0 fully saturated rings. The highest BCUT2D eigenvalue weighted by atomic mass is 16.6. The maximum atomic E-state index is 11.7. The van der Waals surface area contributed by atoms with Crippen molar-refractivity contribution in [2.45, 2.75) is 116 Å². The zero-order valence-electron chi connectivity index (χ0n) is 17.2. The number of hydrogen-bond acceptors (Lipinski definition) is 3. The first-order valence-corrected chi connectivity index (χ1v) is 10.6. The summed E-state index contributed by atoms with van der Waals surface area (Å²) in [5.74, 6) is -0.118. The number of esters is 1. The molecule has 0 saturated carbocycles. The van der Waals surface area contributed by atoms with Gasteiger partial charge in [-0.2, -0.15) is 0 Å². The van der Waals surface area contributed by atoms with Crippen LogP contribution in [0.25, 0.3) is 0 Å². The predicted octanol–water partition coefficient (Wildman–Crippen LogP) is 6.30. The quantitative estimate of drug-likeness (QED) is 0.189. The summed E-state index contributed by atoms with van der Waals surface area (Å²) in [5, 5.41) is 0. The lowest BCUT2D eigenvalue weighted by Crippen LogP contribution is -2.36. The van der Waals surface area contributed by atoms with Crippen molar-refractivity contribution >= 4 is 5.97 Å². The Morgan fingerprint density at radius 3 is 1.84 bits per heavy atom. The molecule has 2 N–H and O–H groups in total. The summed E-state index contributed by atoms with van der Waals surface area (Å²) in [5.41, 5.74) is 5.03. The van der Waals surface area contributed by atoms with Crippen LogP contribution in [0.4, 0.5) is 0 Å². The third kappa shape index (κ3) is 17.8. The molecule has 3 nitrogen and oxygen atoms in total. The molecule has 0 radical (unpaired) electrons. The average molecular weight is 354 g/mol. The van der Waals surface area contributed by atoms with E-state index in [2.05, 4.69) is 19.1 Å². The van der Waals surface area contributed by atoms with Gasteiger partial charge in [0.1, 0.15) is 5.60 Å². The van der Waals surface area contributed by atoms with E-state index in [4.69, 9.17) is 10.5 Å². The van der Waals surface area contributed by atoms with Gasteiger partial charge in [0.2, 0.25) is 0 Å². The fourth-order valence-electron chi connectivity index (χ4n) is 2.74. The summed E-state index contributed by atoms with van der Waals surface area (Å²) < 4.78 is 5.33. The molecule has 0 amide bonds. The largest absolute Gasteiger partial charge is 0.458 e. The van der Waals surface area contributed by atoms with Crippen LogP contribution in [0.15, 0.2) is 12.2 Å². The standard InChI is InChI=1S/C22H43NO2/c1-4-5-6-7-8-9-10-11-12-13-14-15-16-17-18-19-21(24)25-22(2,3)20-23/h11-12H,4-10,13-20,23H2,1-3H3. The van der Waals surface area contributed by atoms with E-state index in [9.17, 15) is 4.79 Å². The Kier molecular flexibility index (Phi) is 16.1. The van der Waals surface area contributed by atoms with Gasteiger partial charge in [0.15, 0.2) is 0 Å². The molecule has 0 aliphatic heterocycles. The zero-order valence-corrected chi connectivity index (χ0v) is 17.2. The molecular weight excluding hydrogens is 310 g/mol. The Hall–Kier alpha value is -0.830. The summed E-state index contributed by atoms with van der Waals surface area (Å²) in [6, 6.07) is 0. The second-order valence-electron chi connectivity index (χ2n) is 7.77. The van der Waals surface area contributed by atoms with Crippen molar-refractivity contribution in [3.05, 3.63) is 12.2 Å². The molecule has 3 heteroatoms. The molecule has 25 heavy (non-hydrogen) atoms. The van der Waals surface area contributed by atoms with Crippen molar-refractivity contribution in [2.75, 3.05) is 6.54 Å². The van der Waals surface area contributed by atoms with Crippen molar-refractivity contribution in [1.29, 1.82) is 0 Å². The van der Waals surface area contributed by atoms with Crippen LogP contribution in [0.2, 0.25) is 0 Å². The van der Waals surface area contributed by atoms with Crippen molar-refractivity contribution in [3.63, 3.8) is 0 Å². The normalized spacial score (nSPS) is 12.0. The fourth-order valence-corrected chi connectivity index (χ4v) is 2.74. The van der Waals surface area contributed by atoms with Gasteiger partial charge >= 0.3 is 5.97 Å². The van der Waals surface area contributed by atoms with Crippen molar-refractivity contribution in [1.82, 2.24) is 0 Å². The average Bonchev–Trinajstić information content (AvgIpc) is 2.58. The topological polar surface area (TPSA) is 52.3 Å². The van der Waals surface area contributed by atoms with E-state index in [0.29, 0.717) is 13.0 Å². The predicted molar refractivity (Wildman–Crippen MR) is 109 cm³/mol. The maximum absolute atomic E-state index is 11.7. The van der Waals surface area contributed by atoms with E-state index in [0.717, 1.165) is 12.8 Å². The van der Waals surface area contributed by atoms with Crippen molar-refractivity contribution in [3.8, 4) is 0 Å². The van der Waals surface area contributed by atoms with Gasteiger partial charge in [0, 0.05) is 13.0 Å². The number of nitrogens with two attached hydrogens (primary N) is 1. The highest BCUT2D eigenvalue weighted by Crippen LogP contribution is 2.12. The first-order chi connectivity index (χ1) is 12.0. The Bertz CT molecular complexity index is 337. The number of carbonyl (C=O) groups is 1. The van der Waals surface area contributed by atoms with Gasteiger partial charge in [-0.05, 0) is 46.0 Å². The molecule has 0 rings (SSSR count). The lowest BCUT2D eigenvalue weighted by molar-refractivity contribution is -0.155. The lowest BCUT2D eigenvalue weighted by Gasteiger charge is -2.22. The molecule has 0 bridgehead atoms. The van der Waals surface area contributed by atoms with Gasteiger partial charge in [0.25, 0.3) is 0 Å². The van der Waals surface area contributed by atoms with Crippen LogP contribution in [-0.2, 0) is 9.53 Å². The molecule has 0 heterocycles. The highest BCUT2D eigenvalue weighted by Gasteiger charge is 2.20. The van der Waals surface area contributed by atoms with E-state index in [-0.39, 0.29) is 5.97 Å². The van der Waals surface area contributed by atoms with Gasteiger partial charge in [0.05, 0.1) is 0 Å². The minimum Gasteiger partial charge on any atom is -0.458 e. The molecule has 0 aromatic carbocycles. The van der Waals surface area contributed by atoms with E-state index in [1.54, 1.807) is 0 Å². The molecule has 0 aliphatic carbocycles. The molecule has 0 spiro atoms. The van der Waals surface area contributed by atoms with Crippen LogP contribution in [0.1, 0.15) is 111 Å². The third-order valence-corrected chi connectivity index (χ3v) is 4.52. The Morgan fingerprint density at radius 1 is 0.840 bits per heavy atom. The molecule has 148 valence electrons. The molecular formula is C22H43NO2. The fraction of sp³-hybridized carbons (Fsp3) is 0.864. The monoisotopic (exact) mass is 353 g/mol. The summed E-state index contributed by atoms with van der Waals surface area (Å²) >= 11 is 0. The highest BCUT2D eigenvalue weighted by molar-refractivity contribution is 5.69. The lowest BCUT2D eigenvalue weighted by atomic mass is 10.1. The van der Waals surface area contributed by atoms with Gasteiger partial charge in [-0.25, -0.2) is 0 Å². The molecule has 0 aromatic heterocycles. The minimum atomic E-state index is -0.529. The number of rotatable bonds is 17. The van der Waals surface area contributed by atoms with E-state index >= 15 is 0 Å². The van der Waals surface area contributed by atoms with Crippen molar-refractivity contribution < 1.29 is 9.53 Å². The van der Waals surface area contributed by atoms with Crippen LogP contribution in [0.5, 0.6) is 0 Å². The summed E-state index contributed by atoms with van der Waals surface area (Å²) in [6.07, 6.45) is 21.7. The molecule has 0 saturated heterocycles.